The van der Waals surface area contributed by atoms with Crippen molar-refractivity contribution in [3.05, 3.63) is 29.3 Å². The molecule has 23 heavy (non-hydrogen) atoms. The Kier molecular flexibility index (Phi) is 6.71. The molecular formula is C17H22ClNO4. The fraction of sp³-hybridized carbons (Fsp3) is 0.529. The molecule has 1 N–H and O–H groups in total. The molecule has 0 spiro atoms. The smallest absolute Gasteiger partial charge is 0.344 e. The lowest BCUT2D eigenvalue weighted by molar-refractivity contribution is -0.150. The van der Waals surface area contributed by atoms with E-state index in [1.165, 1.54) is 6.42 Å². The zero-order valence-corrected chi connectivity index (χ0v) is 14.0. The zero-order valence-electron chi connectivity index (χ0n) is 13.2. The third-order valence-corrected chi connectivity index (χ3v) is 4.21. The van der Waals surface area contributed by atoms with E-state index in [0.29, 0.717) is 16.7 Å². The summed E-state index contributed by atoms with van der Waals surface area (Å²) in [5.41, 5.74) is 0. The Balaban J connectivity index is 1.66. The fourth-order valence-corrected chi connectivity index (χ4v) is 2.85. The molecule has 1 aromatic rings. The first-order chi connectivity index (χ1) is 11.0. The first-order valence-corrected chi connectivity index (χ1v) is 8.26. The standard InChI is InChI=1S/C17H22ClNO4/c1-12-5-2-3-8-15(12)19-16(20)10-23-17(21)11-22-14-7-4-6-13(18)9-14/h4,6-7,9,12,15H,2-3,5,8,10-11H2,1H3,(H,19,20)/t12-,15-/m1/s1. The average Bonchev–Trinajstić information content (AvgIpc) is 2.53. The van der Waals surface area contributed by atoms with Gasteiger partial charge in [-0.25, -0.2) is 4.79 Å². The van der Waals surface area contributed by atoms with Crippen LogP contribution < -0.4 is 10.1 Å². The number of esters is 1. The number of hydrogen-bond donors (Lipinski definition) is 1. The van der Waals surface area contributed by atoms with Crippen LogP contribution in [0.4, 0.5) is 0 Å². The van der Waals surface area contributed by atoms with Crippen molar-refractivity contribution in [2.24, 2.45) is 5.92 Å². The minimum atomic E-state index is -0.586. The summed E-state index contributed by atoms with van der Waals surface area (Å²) in [5, 5.41) is 3.46. The number of amides is 1. The van der Waals surface area contributed by atoms with Crippen LogP contribution in [-0.4, -0.2) is 31.1 Å². The van der Waals surface area contributed by atoms with Gasteiger partial charge in [0.1, 0.15) is 5.75 Å². The first kappa shape index (κ1) is 17.6. The van der Waals surface area contributed by atoms with Gasteiger partial charge in [0, 0.05) is 11.1 Å². The molecule has 0 radical (unpaired) electrons. The largest absolute Gasteiger partial charge is 0.482 e. The summed E-state index contributed by atoms with van der Waals surface area (Å²) in [6.07, 6.45) is 4.45. The van der Waals surface area contributed by atoms with Crippen molar-refractivity contribution in [1.29, 1.82) is 0 Å². The van der Waals surface area contributed by atoms with E-state index in [1.54, 1.807) is 24.3 Å². The third kappa shape index (κ3) is 6.10. The van der Waals surface area contributed by atoms with Crippen molar-refractivity contribution in [2.75, 3.05) is 13.2 Å². The van der Waals surface area contributed by atoms with Crippen molar-refractivity contribution in [2.45, 2.75) is 38.6 Å². The van der Waals surface area contributed by atoms with E-state index >= 15 is 0 Å². The molecule has 0 aliphatic heterocycles. The van der Waals surface area contributed by atoms with Gasteiger partial charge in [-0.3, -0.25) is 4.79 Å². The van der Waals surface area contributed by atoms with Gasteiger partial charge in [0.05, 0.1) is 0 Å². The van der Waals surface area contributed by atoms with Crippen LogP contribution in [0.3, 0.4) is 0 Å². The lowest BCUT2D eigenvalue weighted by Crippen LogP contribution is -2.43. The molecule has 5 nitrogen and oxygen atoms in total. The molecule has 1 aromatic carbocycles. The van der Waals surface area contributed by atoms with E-state index in [-0.39, 0.29) is 25.2 Å². The number of halogens is 1. The van der Waals surface area contributed by atoms with Gasteiger partial charge in [0.15, 0.2) is 13.2 Å². The second-order valence-electron chi connectivity index (χ2n) is 5.84. The fourth-order valence-electron chi connectivity index (χ4n) is 2.67. The molecular weight excluding hydrogens is 318 g/mol. The van der Waals surface area contributed by atoms with Crippen LogP contribution in [0.5, 0.6) is 5.75 Å². The number of nitrogens with one attached hydrogen (secondary N) is 1. The maximum Gasteiger partial charge on any atom is 0.344 e. The molecule has 6 heteroatoms. The highest BCUT2D eigenvalue weighted by molar-refractivity contribution is 6.30. The Morgan fingerprint density at radius 2 is 2.04 bits per heavy atom. The lowest BCUT2D eigenvalue weighted by Gasteiger charge is -2.29. The summed E-state index contributed by atoms with van der Waals surface area (Å²) in [5.74, 6) is 0.0983. The minimum absolute atomic E-state index is 0.178. The van der Waals surface area contributed by atoms with Gasteiger partial charge in [-0.2, -0.15) is 0 Å². The summed E-state index contributed by atoms with van der Waals surface area (Å²) in [6.45, 7) is 1.60. The number of carbonyl (C=O) groups is 2. The average molecular weight is 340 g/mol. The Labute approximate surface area is 141 Å². The summed E-state index contributed by atoms with van der Waals surface area (Å²) >= 11 is 5.82. The van der Waals surface area contributed by atoms with Crippen LogP contribution >= 0.6 is 11.6 Å². The second-order valence-corrected chi connectivity index (χ2v) is 6.28. The van der Waals surface area contributed by atoms with Gasteiger partial charge in [-0.05, 0) is 37.0 Å². The molecule has 0 saturated heterocycles. The van der Waals surface area contributed by atoms with Gasteiger partial charge in [-0.1, -0.05) is 37.4 Å². The molecule has 1 fully saturated rings. The first-order valence-electron chi connectivity index (χ1n) is 7.88. The predicted octanol–water partition coefficient (Wildman–Crippen LogP) is 2.96. The van der Waals surface area contributed by atoms with Crippen molar-refractivity contribution < 1.29 is 19.1 Å². The summed E-state index contributed by atoms with van der Waals surface area (Å²) in [6, 6.07) is 6.91. The normalized spacial score (nSPS) is 20.6. The van der Waals surface area contributed by atoms with E-state index in [4.69, 9.17) is 21.1 Å². The van der Waals surface area contributed by atoms with Gasteiger partial charge >= 0.3 is 5.97 Å². The van der Waals surface area contributed by atoms with Crippen LogP contribution in [-0.2, 0) is 14.3 Å². The maximum absolute atomic E-state index is 11.8. The van der Waals surface area contributed by atoms with Crippen LogP contribution in [0.2, 0.25) is 5.02 Å². The van der Waals surface area contributed by atoms with Crippen LogP contribution in [0.15, 0.2) is 24.3 Å². The Morgan fingerprint density at radius 3 is 2.78 bits per heavy atom. The lowest BCUT2D eigenvalue weighted by atomic mass is 9.86. The molecule has 2 rings (SSSR count). The number of hydrogen-bond acceptors (Lipinski definition) is 4. The SMILES string of the molecule is C[C@@H]1CCCC[C@H]1NC(=O)COC(=O)COc1cccc(Cl)c1. The van der Waals surface area contributed by atoms with E-state index in [1.807, 2.05) is 0 Å². The molecule has 1 amide bonds. The van der Waals surface area contributed by atoms with E-state index in [9.17, 15) is 9.59 Å². The second kappa shape index (κ2) is 8.77. The summed E-state index contributed by atoms with van der Waals surface area (Å²) < 4.78 is 10.2. The van der Waals surface area contributed by atoms with Gasteiger partial charge in [0.2, 0.25) is 0 Å². The van der Waals surface area contributed by atoms with Gasteiger partial charge in [0.25, 0.3) is 5.91 Å². The van der Waals surface area contributed by atoms with Crippen LogP contribution in [0.25, 0.3) is 0 Å². The third-order valence-electron chi connectivity index (χ3n) is 3.97. The summed E-state index contributed by atoms with van der Waals surface area (Å²) in [4.78, 5) is 23.4. The number of rotatable bonds is 6. The molecule has 1 aliphatic carbocycles. The Hall–Kier alpha value is -1.75. The van der Waals surface area contributed by atoms with E-state index in [0.717, 1.165) is 19.3 Å². The molecule has 1 aliphatic rings. The molecule has 126 valence electrons. The van der Waals surface area contributed by atoms with Crippen molar-refractivity contribution in [3.63, 3.8) is 0 Å². The molecule has 0 bridgehead atoms. The number of benzene rings is 1. The molecule has 0 aromatic heterocycles. The molecule has 2 atom stereocenters. The van der Waals surface area contributed by atoms with Gasteiger partial charge < -0.3 is 14.8 Å². The Morgan fingerprint density at radius 1 is 1.26 bits per heavy atom. The van der Waals surface area contributed by atoms with Crippen LogP contribution in [0, 0.1) is 5.92 Å². The van der Waals surface area contributed by atoms with E-state index in [2.05, 4.69) is 12.2 Å². The van der Waals surface area contributed by atoms with Crippen molar-refractivity contribution >= 4 is 23.5 Å². The number of carbonyl (C=O) groups excluding carboxylic acids is 2. The maximum atomic E-state index is 11.8. The quantitative estimate of drug-likeness (QED) is 0.809. The van der Waals surface area contributed by atoms with E-state index < -0.39 is 5.97 Å². The highest BCUT2D eigenvalue weighted by Gasteiger charge is 2.23. The molecule has 1 saturated carbocycles. The van der Waals surface area contributed by atoms with Crippen molar-refractivity contribution in [3.8, 4) is 5.75 Å². The monoisotopic (exact) mass is 339 g/mol. The minimum Gasteiger partial charge on any atom is -0.482 e. The number of ether oxygens (including phenoxy) is 2. The topological polar surface area (TPSA) is 64.6 Å². The molecule has 0 heterocycles. The van der Waals surface area contributed by atoms with Crippen LogP contribution in [0.1, 0.15) is 32.6 Å². The highest BCUT2D eigenvalue weighted by atomic mass is 35.5. The predicted molar refractivity (Wildman–Crippen MR) is 87.5 cm³/mol. The summed E-state index contributed by atoms with van der Waals surface area (Å²) in [7, 11) is 0. The zero-order chi connectivity index (χ0) is 16.7. The highest BCUT2D eigenvalue weighted by Crippen LogP contribution is 2.23. The van der Waals surface area contributed by atoms with Gasteiger partial charge in [-0.15, -0.1) is 0 Å². The molecule has 0 unspecified atom stereocenters. The van der Waals surface area contributed by atoms with Crippen molar-refractivity contribution in [1.82, 2.24) is 5.32 Å². The Bertz CT molecular complexity index is 549.